The number of ether oxygens (including phenoxy) is 1. The smallest absolute Gasteiger partial charge is 0.239 e. The van der Waals surface area contributed by atoms with Gasteiger partial charge in [-0.1, -0.05) is 41.4 Å². The van der Waals surface area contributed by atoms with E-state index < -0.39 is 21.5 Å². The van der Waals surface area contributed by atoms with E-state index in [4.69, 9.17) is 27.9 Å². The van der Waals surface area contributed by atoms with Crippen molar-refractivity contribution in [3.05, 3.63) is 58.1 Å². The maximum atomic E-state index is 12.2. The van der Waals surface area contributed by atoms with E-state index in [1.165, 1.54) is 19.2 Å². The highest BCUT2D eigenvalue weighted by Gasteiger charge is 2.20. The Kier molecular flexibility index (Phi) is 6.10. The summed E-state index contributed by atoms with van der Waals surface area (Å²) < 4.78 is 29.5. The van der Waals surface area contributed by atoms with Gasteiger partial charge in [0, 0.05) is 10.0 Å². The molecule has 2 aromatic rings. The fourth-order valence-corrected chi connectivity index (χ4v) is 3.91. The zero-order valence-electron chi connectivity index (χ0n) is 12.8. The third-order valence-corrected chi connectivity index (χ3v) is 5.16. The number of nitrogens with one attached hydrogen (secondary N) is 1. The summed E-state index contributed by atoms with van der Waals surface area (Å²) in [4.78, 5) is 12.0. The van der Waals surface area contributed by atoms with Crippen molar-refractivity contribution in [2.45, 2.75) is 5.75 Å². The van der Waals surface area contributed by atoms with Crippen LogP contribution in [0.3, 0.4) is 0 Å². The minimum atomic E-state index is -3.69. The molecule has 8 heteroatoms. The lowest BCUT2D eigenvalue weighted by molar-refractivity contribution is -0.113. The van der Waals surface area contributed by atoms with Gasteiger partial charge >= 0.3 is 0 Å². The molecule has 1 amide bonds. The van der Waals surface area contributed by atoms with Gasteiger partial charge in [-0.2, -0.15) is 0 Å². The average molecular weight is 388 g/mol. The highest BCUT2D eigenvalue weighted by Crippen LogP contribution is 2.24. The van der Waals surface area contributed by atoms with Crippen molar-refractivity contribution in [3.63, 3.8) is 0 Å². The van der Waals surface area contributed by atoms with Crippen LogP contribution in [0.5, 0.6) is 5.75 Å². The first-order valence-corrected chi connectivity index (χ1v) is 9.45. The first kappa shape index (κ1) is 18.6. The Morgan fingerprint density at radius 3 is 2.54 bits per heavy atom. The summed E-state index contributed by atoms with van der Waals surface area (Å²) in [6, 6.07) is 11.3. The van der Waals surface area contributed by atoms with Crippen LogP contribution in [0, 0.1) is 0 Å². The molecular formula is C16H15Cl2NO4S. The van der Waals surface area contributed by atoms with Crippen molar-refractivity contribution in [2.24, 2.45) is 0 Å². The van der Waals surface area contributed by atoms with Crippen LogP contribution in [-0.2, 0) is 20.4 Å². The molecule has 0 aliphatic carbocycles. The number of rotatable bonds is 6. The summed E-state index contributed by atoms with van der Waals surface area (Å²) >= 11 is 11.8. The van der Waals surface area contributed by atoms with Crippen LogP contribution in [0.15, 0.2) is 42.5 Å². The number of para-hydroxylation sites is 2. The summed E-state index contributed by atoms with van der Waals surface area (Å²) in [5.41, 5.74) is 0.802. The summed E-state index contributed by atoms with van der Waals surface area (Å²) in [5.74, 6) is -1.21. The molecule has 2 aromatic carbocycles. The number of halogens is 2. The summed E-state index contributed by atoms with van der Waals surface area (Å²) in [7, 11) is -2.23. The first-order chi connectivity index (χ1) is 11.3. The lowest BCUT2D eigenvalue weighted by Crippen LogP contribution is -2.24. The van der Waals surface area contributed by atoms with Crippen LogP contribution in [-0.4, -0.2) is 27.2 Å². The topological polar surface area (TPSA) is 72.5 Å². The van der Waals surface area contributed by atoms with Gasteiger partial charge in [0.25, 0.3) is 0 Å². The fraction of sp³-hybridized carbons (Fsp3) is 0.188. The first-order valence-electron chi connectivity index (χ1n) is 6.88. The van der Waals surface area contributed by atoms with Gasteiger partial charge in [0.15, 0.2) is 9.84 Å². The molecule has 5 nitrogen and oxygen atoms in total. The molecule has 0 radical (unpaired) electrons. The molecule has 0 aliphatic heterocycles. The van der Waals surface area contributed by atoms with Gasteiger partial charge in [0.1, 0.15) is 11.5 Å². The van der Waals surface area contributed by atoms with Gasteiger partial charge in [-0.15, -0.1) is 0 Å². The highest BCUT2D eigenvalue weighted by molar-refractivity contribution is 7.91. The molecule has 0 heterocycles. The van der Waals surface area contributed by atoms with Crippen molar-refractivity contribution in [3.8, 4) is 5.75 Å². The Balaban J connectivity index is 2.07. The second kappa shape index (κ2) is 7.88. The van der Waals surface area contributed by atoms with E-state index in [1.807, 2.05) is 0 Å². The molecule has 0 fully saturated rings. The molecule has 0 aliphatic rings. The number of hydrogen-bond acceptors (Lipinski definition) is 4. The number of sulfone groups is 1. The van der Waals surface area contributed by atoms with Crippen LogP contribution in [0.2, 0.25) is 10.0 Å². The Labute approximate surface area is 150 Å². The highest BCUT2D eigenvalue weighted by atomic mass is 35.5. The Hall–Kier alpha value is -1.76. The number of benzene rings is 2. The molecule has 2 rings (SSSR count). The largest absolute Gasteiger partial charge is 0.495 e. The second-order valence-corrected chi connectivity index (χ2v) is 7.92. The maximum Gasteiger partial charge on any atom is 0.239 e. The molecule has 0 saturated heterocycles. The third kappa shape index (κ3) is 5.12. The van der Waals surface area contributed by atoms with Gasteiger partial charge in [-0.3, -0.25) is 4.79 Å². The minimum absolute atomic E-state index is 0.246. The number of carbonyl (C=O) groups is 1. The standard InChI is InChI=1S/C16H15Cl2NO4S/c1-23-15-5-3-2-4-14(15)19-16(20)10-24(21,22)9-11-6-7-12(17)8-13(11)18/h2-8H,9-10H2,1H3,(H,19,20). The van der Waals surface area contributed by atoms with Gasteiger partial charge in [0.2, 0.25) is 5.91 Å². The normalized spacial score (nSPS) is 11.1. The van der Waals surface area contributed by atoms with E-state index in [9.17, 15) is 13.2 Å². The van der Waals surface area contributed by atoms with Crippen LogP contribution in [0.4, 0.5) is 5.69 Å². The minimum Gasteiger partial charge on any atom is -0.495 e. The van der Waals surface area contributed by atoms with Gasteiger partial charge in [-0.05, 0) is 29.8 Å². The van der Waals surface area contributed by atoms with E-state index in [2.05, 4.69) is 5.32 Å². The fourth-order valence-electron chi connectivity index (χ4n) is 2.06. The average Bonchev–Trinajstić information content (AvgIpc) is 2.50. The van der Waals surface area contributed by atoms with Crippen molar-refractivity contribution in [1.82, 2.24) is 0 Å². The summed E-state index contributed by atoms with van der Waals surface area (Å²) in [6.45, 7) is 0. The van der Waals surface area contributed by atoms with Crippen molar-refractivity contribution >= 4 is 44.6 Å². The number of hydrogen-bond donors (Lipinski definition) is 1. The molecule has 0 aromatic heterocycles. The molecule has 128 valence electrons. The van der Waals surface area contributed by atoms with E-state index >= 15 is 0 Å². The van der Waals surface area contributed by atoms with Crippen molar-refractivity contribution in [2.75, 3.05) is 18.2 Å². The third-order valence-electron chi connectivity index (χ3n) is 3.12. The molecule has 0 atom stereocenters. The number of anilines is 1. The van der Waals surface area contributed by atoms with Crippen molar-refractivity contribution < 1.29 is 17.9 Å². The quantitative estimate of drug-likeness (QED) is 0.822. The van der Waals surface area contributed by atoms with Crippen LogP contribution in [0.25, 0.3) is 0 Å². The van der Waals surface area contributed by atoms with Crippen LogP contribution >= 0.6 is 23.2 Å². The maximum absolute atomic E-state index is 12.2. The van der Waals surface area contributed by atoms with E-state index in [1.54, 1.807) is 30.3 Å². The Morgan fingerprint density at radius 2 is 1.88 bits per heavy atom. The summed E-state index contributed by atoms with van der Waals surface area (Å²) in [5, 5.41) is 3.19. The van der Waals surface area contributed by atoms with Gasteiger partial charge in [0.05, 0.1) is 18.6 Å². The lowest BCUT2D eigenvalue weighted by atomic mass is 10.2. The van der Waals surface area contributed by atoms with E-state index in [0.717, 1.165) is 0 Å². The van der Waals surface area contributed by atoms with Gasteiger partial charge < -0.3 is 10.1 Å². The van der Waals surface area contributed by atoms with Crippen molar-refractivity contribution in [1.29, 1.82) is 0 Å². The predicted octanol–water partition coefficient (Wildman–Crippen LogP) is 3.56. The van der Waals surface area contributed by atoms with Crippen LogP contribution < -0.4 is 10.1 Å². The lowest BCUT2D eigenvalue weighted by Gasteiger charge is -2.10. The molecule has 0 saturated carbocycles. The zero-order valence-corrected chi connectivity index (χ0v) is 15.1. The van der Waals surface area contributed by atoms with Gasteiger partial charge in [-0.25, -0.2) is 8.42 Å². The van der Waals surface area contributed by atoms with E-state index in [0.29, 0.717) is 22.0 Å². The summed E-state index contributed by atoms with van der Waals surface area (Å²) in [6.07, 6.45) is 0. The number of methoxy groups -OCH3 is 1. The SMILES string of the molecule is COc1ccccc1NC(=O)CS(=O)(=O)Cc1ccc(Cl)cc1Cl. The Bertz CT molecular complexity index is 853. The predicted molar refractivity (Wildman–Crippen MR) is 95.6 cm³/mol. The monoisotopic (exact) mass is 387 g/mol. The second-order valence-electron chi connectivity index (χ2n) is 5.02. The number of carbonyl (C=O) groups excluding carboxylic acids is 1. The zero-order chi connectivity index (χ0) is 17.7. The molecule has 0 spiro atoms. The van der Waals surface area contributed by atoms with Crippen LogP contribution in [0.1, 0.15) is 5.56 Å². The Morgan fingerprint density at radius 1 is 1.17 bits per heavy atom. The van der Waals surface area contributed by atoms with E-state index in [-0.39, 0.29) is 10.8 Å². The molecule has 24 heavy (non-hydrogen) atoms. The number of amides is 1. The molecule has 1 N–H and O–H groups in total. The molecule has 0 bridgehead atoms. The molecular weight excluding hydrogens is 373 g/mol. The molecule has 0 unspecified atom stereocenters.